The maximum atomic E-state index is 13.4. The number of nitrogens with zero attached hydrogens (tertiary/aromatic N) is 3. The number of thiophene rings is 1. The van der Waals surface area contributed by atoms with E-state index in [1.165, 1.54) is 17.7 Å². The number of aromatic nitrogens is 2. The fourth-order valence-electron chi connectivity index (χ4n) is 4.50. The van der Waals surface area contributed by atoms with E-state index in [1.54, 1.807) is 12.1 Å². The molecule has 9 heteroatoms. The van der Waals surface area contributed by atoms with Crippen molar-refractivity contribution >= 4 is 44.9 Å². The summed E-state index contributed by atoms with van der Waals surface area (Å²) in [6.07, 6.45) is 3.44. The zero-order valence-electron chi connectivity index (χ0n) is 17.8. The van der Waals surface area contributed by atoms with Gasteiger partial charge in [-0.1, -0.05) is 23.7 Å². The van der Waals surface area contributed by atoms with Gasteiger partial charge >= 0.3 is 0 Å². The summed E-state index contributed by atoms with van der Waals surface area (Å²) in [6, 6.07) is 7.52. The fourth-order valence-corrected chi connectivity index (χ4v) is 5.74. The highest BCUT2D eigenvalue weighted by Crippen LogP contribution is 2.37. The van der Waals surface area contributed by atoms with Gasteiger partial charge in [0.2, 0.25) is 0 Å². The number of ether oxygens (including phenoxy) is 1. The summed E-state index contributed by atoms with van der Waals surface area (Å²) in [4.78, 5) is 25.5. The average Bonchev–Trinajstić information content (AvgIpc) is 3.42. The van der Waals surface area contributed by atoms with Crippen LogP contribution in [0.2, 0.25) is 5.02 Å². The molecule has 2 aliphatic rings. The highest BCUT2D eigenvalue weighted by molar-refractivity contribution is 7.20. The summed E-state index contributed by atoms with van der Waals surface area (Å²) >= 11 is 7.39. The summed E-state index contributed by atoms with van der Waals surface area (Å²) in [5.74, 6) is 0.743. The van der Waals surface area contributed by atoms with Crippen molar-refractivity contribution in [3.8, 4) is 0 Å². The molecule has 7 nitrogen and oxygen atoms in total. The molecule has 2 aromatic heterocycles. The molecule has 0 radical (unpaired) electrons. The van der Waals surface area contributed by atoms with Gasteiger partial charge in [-0.3, -0.25) is 4.79 Å². The van der Waals surface area contributed by atoms with E-state index in [-0.39, 0.29) is 11.9 Å². The quantitative estimate of drug-likeness (QED) is 0.597. The number of hydrogen-bond donors (Lipinski definition) is 2. The van der Waals surface area contributed by atoms with Crippen LogP contribution in [-0.2, 0) is 10.3 Å². The Morgan fingerprint density at radius 2 is 2.03 bits per heavy atom. The zero-order valence-corrected chi connectivity index (χ0v) is 19.4. The molecule has 0 saturated carbocycles. The van der Waals surface area contributed by atoms with Crippen LogP contribution >= 0.6 is 22.9 Å². The predicted molar refractivity (Wildman–Crippen MR) is 125 cm³/mol. The molecule has 1 atom stereocenters. The number of amides is 1. The average molecular weight is 473 g/mol. The van der Waals surface area contributed by atoms with Gasteiger partial charge in [0.15, 0.2) is 0 Å². The Bertz CT molecular complexity index is 1140. The van der Waals surface area contributed by atoms with Crippen molar-refractivity contribution in [3.63, 3.8) is 0 Å². The first-order chi connectivity index (χ1) is 15.4. The molecular formula is C23H25ClN4O3S. The Kier molecular flexibility index (Phi) is 5.79. The van der Waals surface area contributed by atoms with Crippen LogP contribution in [0.4, 0.5) is 5.82 Å². The van der Waals surface area contributed by atoms with Crippen LogP contribution < -0.4 is 5.32 Å². The minimum absolute atomic E-state index is 0.0150. The Hall–Kier alpha value is -2.26. The van der Waals surface area contributed by atoms with Crippen LogP contribution in [0.1, 0.15) is 40.1 Å². The van der Waals surface area contributed by atoms with Gasteiger partial charge in [0, 0.05) is 24.7 Å². The smallest absolute Gasteiger partial charge is 0.264 e. The number of hydrogen-bond acceptors (Lipinski definition) is 7. The number of aryl methyl sites for hydroxylation is 1. The summed E-state index contributed by atoms with van der Waals surface area (Å²) in [5, 5.41) is 16.1. The number of carbonyl (C=O) groups is 1. The Balaban J connectivity index is 1.35. The normalized spacial score (nSPS) is 20.6. The maximum absolute atomic E-state index is 13.4. The van der Waals surface area contributed by atoms with Crippen LogP contribution in [0.5, 0.6) is 0 Å². The largest absolute Gasteiger partial charge is 0.385 e. The van der Waals surface area contributed by atoms with Gasteiger partial charge in [0.05, 0.1) is 28.5 Å². The second-order valence-electron chi connectivity index (χ2n) is 8.49. The van der Waals surface area contributed by atoms with Gasteiger partial charge < -0.3 is 20.1 Å². The Morgan fingerprint density at radius 3 is 2.72 bits per heavy atom. The van der Waals surface area contributed by atoms with Crippen LogP contribution in [0, 0.1) is 6.92 Å². The van der Waals surface area contributed by atoms with Crippen molar-refractivity contribution < 1.29 is 14.6 Å². The number of carbonyl (C=O) groups excluding carboxylic acids is 1. The number of fused-ring (bicyclic) bond motifs is 1. The number of piperidine rings is 1. The SMILES string of the molecule is Cc1c(C(=O)N2CCC(O)(c3ccc(Cl)cc3)CC2)sc2ncnc(NC3CCOC3)c12. The minimum Gasteiger partial charge on any atom is -0.385 e. The van der Waals surface area contributed by atoms with Gasteiger partial charge in [-0.15, -0.1) is 11.3 Å². The predicted octanol–water partition coefficient (Wildman–Crippen LogP) is 3.98. The van der Waals surface area contributed by atoms with Crippen LogP contribution in [-0.4, -0.2) is 58.2 Å². The molecule has 0 spiro atoms. The lowest BCUT2D eigenvalue weighted by atomic mass is 9.84. The molecular weight excluding hydrogens is 448 g/mol. The molecule has 2 fully saturated rings. The monoisotopic (exact) mass is 472 g/mol. The zero-order chi connectivity index (χ0) is 22.3. The molecule has 1 amide bonds. The molecule has 4 heterocycles. The van der Waals surface area contributed by atoms with Gasteiger partial charge in [0.25, 0.3) is 5.91 Å². The second kappa shape index (κ2) is 8.59. The van der Waals surface area contributed by atoms with E-state index in [0.29, 0.717) is 42.4 Å². The van der Waals surface area contributed by atoms with Crippen molar-refractivity contribution in [2.24, 2.45) is 0 Å². The van der Waals surface area contributed by atoms with E-state index in [9.17, 15) is 9.90 Å². The maximum Gasteiger partial charge on any atom is 0.264 e. The van der Waals surface area contributed by atoms with E-state index in [0.717, 1.165) is 40.2 Å². The lowest BCUT2D eigenvalue weighted by Gasteiger charge is -2.38. The molecule has 3 aromatic rings. The molecule has 1 aromatic carbocycles. The number of nitrogens with one attached hydrogen (secondary N) is 1. The summed E-state index contributed by atoms with van der Waals surface area (Å²) < 4.78 is 5.46. The van der Waals surface area contributed by atoms with Crippen LogP contribution in [0.25, 0.3) is 10.2 Å². The van der Waals surface area contributed by atoms with Gasteiger partial charge in [-0.05, 0) is 49.4 Å². The lowest BCUT2D eigenvalue weighted by molar-refractivity contribution is -0.0210. The number of rotatable bonds is 4. The third-order valence-corrected chi connectivity index (χ3v) is 7.89. The van der Waals surface area contributed by atoms with Crippen molar-refractivity contribution in [2.45, 2.75) is 37.8 Å². The third-order valence-electron chi connectivity index (χ3n) is 6.45. The second-order valence-corrected chi connectivity index (χ2v) is 9.93. The molecule has 2 N–H and O–H groups in total. The van der Waals surface area contributed by atoms with E-state index < -0.39 is 5.60 Å². The molecule has 32 heavy (non-hydrogen) atoms. The number of likely N-dealkylation sites (tertiary alicyclic amines) is 1. The number of benzene rings is 1. The van der Waals surface area contributed by atoms with Crippen molar-refractivity contribution in [3.05, 3.63) is 51.6 Å². The van der Waals surface area contributed by atoms with Crippen LogP contribution in [0.15, 0.2) is 30.6 Å². The van der Waals surface area contributed by atoms with Gasteiger partial charge in [0.1, 0.15) is 17.0 Å². The van der Waals surface area contributed by atoms with E-state index in [1.807, 2.05) is 24.0 Å². The van der Waals surface area contributed by atoms with Crippen molar-refractivity contribution in [2.75, 3.05) is 31.6 Å². The Morgan fingerprint density at radius 1 is 1.28 bits per heavy atom. The van der Waals surface area contributed by atoms with Crippen molar-refractivity contribution in [1.29, 1.82) is 0 Å². The number of anilines is 1. The third kappa shape index (κ3) is 3.96. The molecule has 5 rings (SSSR count). The topological polar surface area (TPSA) is 87.6 Å². The number of aliphatic hydroxyl groups is 1. The fraction of sp³-hybridized carbons (Fsp3) is 0.435. The molecule has 168 valence electrons. The summed E-state index contributed by atoms with van der Waals surface area (Å²) in [5.41, 5.74) is 0.798. The first-order valence-electron chi connectivity index (χ1n) is 10.8. The first kappa shape index (κ1) is 21.6. The minimum atomic E-state index is -0.942. The van der Waals surface area contributed by atoms with Crippen LogP contribution in [0.3, 0.4) is 0 Å². The van der Waals surface area contributed by atoms with Crippen molar-refractivity contribution in [1.82, 2.24) is 14.9 Å². The number of halogens is 1. The summed E-state index contributed by atoms with van der Waals surface area (Å²) in [6.45, 7) is 4.34. The molecule has 0 bridgehead atoms. The van der Waals surface area contributed by atoms with E-state index in [2.05, 4.69) is 15.3 Å². The molecule has 0 aliphatic carbocycles. The van der Waals surface area contributed by atoms with E-state index >= 15 is 0 Å². The standard InChI is InChI=1S/C23H25ClN4O3S/c1-14-18-20(27-17-6-11-31-12-17)25-13-26-21(18)32-19(14)22(29)28-9-7-23(30,8-10-28)15-2-4-16(24)5-3-15/h2-5,13,17,30H,6-12H2,1H3,(H,25,26,27). The summed E-state index contributed by atoms with van der Waals surface area (Å²) in [7, 11) is 0. The highest BCUT2D eigenvalue weighted by Gasteiger charge is 2.36. The lowest BCUT2D eigenvalue weighted by Crippen LogP contribution is -2.45. The van der Waals surface area contributed by atoms with E-state index in [4.69, 9.17) is 16.3 Å². The molecule has 2 saturated heterocycles. The molecule has 1 unspecified atom stereocenters. The molecule has 2 aliphatic heterocycles. The highest BCUT2D eigenvalue weighted by atomic mass is 35.5. The van der Waals surface area contributed by atoms with Gasteiger partial charge in [-0.2, -0.15) is 0 Å². The van der Waals surface area contributed by atoms with Gasteiger partial charge in [-0.25, -0.2) is 9.97 Å². The first-order valence-corrected chi connectivity index (χ1v) is 12.0. The Labute approximate surface area is 195 Å².